The quantitative estimate of drug-likeness (QED) is 0.743. The van der Waals surface area contributed by atoms with Gasteiger partial charge >= 0.3 is 0 Å². The van der Waals surface area contributed by atoms with Crippen molar-refractivity contribution in [2.75, 3.05) is 33.7 Å². The lowest BCUT2D eigenvalue weighted by Crippen LogP contribution is -2.60. The minimum Gasteiger partial charge on any atom is -0.329 e. The highest BCUT2D eigenvalue weighted by atomic mass is 15.3. The van der Waals surface area contributed by atoms with Gasteiger partial charge in [-0.3, -0.25) is 4.90 Å². The molecule has 0 heterocycles. The van der Waals surface area contributed by atoms with Gasteiger partial charge in [0.1, 0.15) is 0 Å². The summed E-state index contributed by atoms with van der Waals surface area (Å²) < 4.78 is 0. The van der Waals surface area contributed by atoms with Gasteiger partial charge in [0.2, 0.25) is 0 Å². The molecule has 0 saturated heterocycles. The zero-order valence-corrected chi connectivity index (χ0v) is 14.5. The Kier molecular flexibility index (Phi) is 7.49. The first-order valence-electron chi connectivity index (χ1n) is 8.60. The van der Waals surface area contributed by atoms with E-state index in [0.29, 0.717) is 6.04 Å². The van der Waals surface area contributed by atoms with E-state index in [1.165, 1.54) is 38.5 Å². The maximum Gasteiger partial charge on any atom is 0.0335 e. The summed E-state index contributed by atoms with van der Waals surface area (Å²) in [6.07, 6.45) is 8.06. The highest BCUT2D eigenvalue weighted by molar-refractivity contribution is 4.97. The van der Waals surface area contributed by atoms with Crippen LogP contribution in [0, 0.1) is 5.92 Å². The van der Waals surface area contributed by atoms with Gasteiger partial charge in [-0.15, -0.1) is 0 Å². The molecule has 1 rings (SSSR count). The van der Waals surface area contributed by atoms with Crippen molar-refractivity contribution >= 4 is 0 Å². The first-order chi connectivity index (χ1) is 9.49. The van der Waals surface area contributed by atoms with Gasteiger partial charge in [-0.05, 0) is 59.2 Å². The molecule has 0 bridgehead atoms. The maximum absolute atomic E-state index is 6.25. The van der Waals surface area contributed by atoms with Crippen LogP contribution in [-0.4, -0.2) is 55.1 Å². The molecule has 0 amide bonds. The van der Waals surface area contributed by atoms with Gasteiger partial charge in [0.05, 0.1) is 0 Å². The van der Waals surface area contributed by atoms with Crippen molar-refractivity contribution in [2.45, 2.75) is 70.9 Å². The van der Waals surface area contributed by atoms with Crippen molar-refractivity contribution in [3.8, 4) is 0 Å². The molecule has 0 aliphatic heterocycles. The Labute approximate surface area is 126 Å². The molecular formula is C17H37N3. The van der Waals surface area contributed by atoms with E-state index in [1.54, 1.807) is 0 Å². The van der Waals surface area contributed by atoms with E-state index in [1.807, 2.05) is 0 Å². The van der Waals surface area contributed by atoms with Gasteiger partial charge in [0, 0.05) is 24.7 Å². The molecule has 20 heavy (non-hydrogen) atoms. The molecule has 1 atom stereocenters. The van der Waals surface area contributed by atoms with E-state index in [4.69, 9.17) is 5.73 Å². The third-order valence-corrected chi connectivity index (χ3v) is 5.22. The molecule has 120 valence electrons. The van der Waals surface area contributed by atoms with E-state index in [-0.39, 0.29) is 5.54 Å². The number of hydrogen-bond acceptors (Lipinski definition) is 3. The smallest absolute Gasteiger partial charge is 0.0335 e. The summed E-state index contributed by atoms with van der Waals surface area (Å²) in [7, 11) is 4.33. The molecule has 0 spiro atoms. The van der Waals surface area contributed by atoms with Crippen LogP contribution < -0.4 is 5.73 Å². The fraction of sp³-hybridized carbons (Fsp3) is 1.00. The lowest BCUT2D eigenvalue weighted by molar-refractivity contribution is 0.00851. The molecule has 2 N–H and O–H groups in total. The van der Waals surface area contributed by atoms with Gasteiger partial charge in [-0.25, -0.2) is 0 Å². The highest BCUT2D eigenvalue weighted by Gasteiger charge is 2.40. The van der Waals surface area contributed by atoms with Crippen LogP contribution in [0.25, 0.3) is 0 Å². The lowest BCUT2D eigenvalue weighted by Gasteiger charge is -2.50. The summed E-state index contributed by atoms with van der Waals surface area (Å²) in [5.74, 6) is 0.947. The Hall–Kier alpha value is -0.120. The van der Waals surface area contributed by atoms with Gasteiger partial charge in [-0.1, -0.05) is 26.7 Å². The van der Waals surface area contributed by atoms with Crippen LogP contribution in [0.5, 0.6) is 0 Å². The first kappa shape index (κ1) is 17.9. The van der Waals surface area contributed by atoms with Crippen LogP contribution in [0.15, 0.2) is 0 Å². The zero-order chi connectivity index (χ0) is 15.2. The molecule has 1 unspecified atom stereocenters. The van der Waals surface area contributed by atoms with Crippen LogP contribution in [-0.2, 0) is 0 Å². The Balaban J connectivity index is 2.71. The summed E-state index contributed by atoms with van der Waals surface area (Å²) in [6.45, 7) is 10.0. The van der Waals surface area contributed by atoms with Crippen molar-refractivity contribution in [3.63, 3.8) is 0 Å². The van der Waals surface area contributed by atoms with Crippen molar-refractivity contribution in [1.82, 2.24) is 9.80 Å². The van der Waals surface area contributed by atoms with Crippen molar-refractivity contribution < 1.29 is 0 Å². The highest BCUT2D eigenvalue weighted by Crippen LogP contribution is 2.38. The third-order valence-electron chi connectivity index (χ3n) is 5.22. The van der Waals surface area contributed by atoms with Crippen LogP contribution >= 0.6 is 0 Å². The summed E-state index contributed by atoms with van der Waals surface area (Å²) >= 11 is 0. The zero-order valence-electron chi connectivity index (χ0n) is 14.5. The first-order valence-corrected chi connectivity index (χ1v) is 8.60. The fourth-order valence-electron chi connectivity index (χ4n) is 4.26. The van der Waals surface area contributed by atoms with Crippen molar-refractivity contribution in [3.05, 3.63) is 0 Å². The standard InChI is InChI=1S/C17H37N3/c1-6-8-16-9-11-17(14-18,12-10-16)20(7-2)15(3)13-19(4)5/h15-16H,6-14,18H2,1-5H3. The summed E-state index contributed by atoms with van der Waals surface area (Å²) in [5, 5.41) is 0. The van der Waals surface area contributed by atoms with Crippen LogP contribution in [0.4, 0.5) is 0 Å². The summed E-state index contributed by atoms with van der Waals surface area (Å²) in [4.78, 5) is 4.98. The molecule has 0 radical (unpaired) electrons. The number of likely N-dealkylation sites (N-methyl/N-ethyl adjacent to an activating group) is 2. The van der Waals surface area contributed by atoms with Gasteiger partial charge < -0.3 is 10.6 Å². The Bertz CT molecular complexity index is 257. The Morgan fingerprint density at radius 2 is 1.80 bits per heavy atom. The number of nitrogens with zero attached hydrogens (tertiary/aromatic N) is 2. The van der Waals surface area contributed by atoms with E-state index >= 15 is 0 Å². The molecule has 1 aliphatic rings. The normalized spacial score (nSPS) is 29.1. The average Bonchev–Trinajstić information content (AvgIpc) is 2.41. The topological polar surface area (TPSA) is 32.5 Å². The second kappa shape index (κ2) is 8.35. The van der Waals surface area contributed by atoms with Crippen LogP contribution in [0.1, 0.15) is 59.3 Å². The fourth-order valence-corrected chi connectivity index (χ4v) is 4.26. The lowest BCUT2D eigenvalue weighted by atomic mass is 9.73. The average molecular weight is 284 g/mol. The predicted molar refractivity (Wildman–Crippen MR) is 89.0 cm³/mol. The second-order valence-corrected chi connectivity index (χ2v) is 7.06. The molecule has 1 aliphatic carbocycles. The van der Waals surface area contributed by atoms with Crippen LogP contribution in [0.3, 0.4) is 0 Å². The number of nitrogens with two attached hydrogens (primary N) is 1. The largest absolute Gasteiger partial charge is 0.329 e. The second-order valence-electron chi connectivity index (χ2n) is 7.06. The Morgan fingerprint density at radius 3 is 2.20 bits per heavy atom. The molecule has 0 aromatic carbocycles. The van der Waals surface area contributed by atoms with E-state index in [9.17, 15) is 0 Å². The minimum absolute atomic E-state index is 0.258. The Morgan fingerprint density at radius 1 is 1.20 bits per heavy atom. The molecule has 0 aromatic rings. The predicted octanol–water partition coefficient (Wildman–Crippen LogP) is 2.95. The molecular weight excluding hydrogens is 246 g/mol. The van der Waals surface area contributed by atoms with E-state index in [2.05, 4.69) is 44.7 Å². The molecule has 3 heteroatoms. The maximum atomic E-state index is 6.25. The van der Waals surface area contributed by atoms with Crippen molar-refractivity contribution in [1.29, 1.82) is 0 Å². The van der Waals surface area contributed by atoms with E-state index in [0.717, 1.165) is 25.6 Å². The van der Waals surface area contributed by atoms with Crippen LogP contribution in [0.2, 0.25) is 0 Å². The van der Waals surface area contributed by atoms with Gasteiger partial charge in [0.25, 0.3) is 0 Å². The molecule has 3 nitrogen and oxygen atoms in total. The van der Waals surface area contributed by atoms with Gasteiger partial charge in [-0.2, -0.15) is 0 Å². The van der Waals surface area contributed by atoms with E-state index < -0.39 is 0 Å². The third kappa shape index (κ3) is 4.44. The summed E-state index contributed by atoms with van der Waals surface area (Å²) in [6, 6.07) is 0.585. The summed E-state index contributed by atoms with van der Waals surface area (Å²) in [5.41, 5.74) is 6.51. The number of hydrogen-bond donors (Lipinski definition) is 1. The number of rotatable bonds is 8. The van der Waals surface area contributed by atoms with Crippen molar-refractivity contribution in [2.24, 2.45) is 11.7 Å². The minimum atomic E-state index is 0.258. The molecule has 1 fully saturated rings. The van der Waals surface area contributed by atoms with Gasteiger partial charge in [0.15, 0.2) is 0 Å². The SMILES string of the molecule is CCCC1CCC(CN)(N(CC)C(C)CN(C)C)CC1. The monoisotopic (exact) mass is 283 g/mol. The molecule has 1 saturated carbocycles. The molecule has 0 aromatic heterocycles.